The van der Waals surface area contributed by atoms with Crippen LogP contribution in [0.25, 0.3) is 0 Å². The second-order valence-electron chi connectivity index (χ2n) is 6.05. The molecule has 0 unspecified atom stereocenters. The molecule has 2 N–H and O–H groups in total. The number of pyridine rings is 1. The van der Waals surface area contributed by atoms with Crippen LogP contribution in [-0.2, 0) is 16.7 Å². The largest absolute Gasteiger partial charge is 0.494 e. The summed E-state index contributed by atoms with van der Waals surface area (Å²) in [7, 11) is -4.40. The molecule has 1 aromatic heterocycles. The van der Waals surface area contributed by atoms with Gasteiger partial charge in [-0.25, -0.2) is 0 Å². The van der Waals surface area contributed by atoms with Gasteiger partial charge >= 0.3 is 0 Å². The van der Waals surface area contributed by atoms with E-state index in [1.54, 1.807) is 40.7 Å². The van der Waals surface area contributed by atoms with E-state index in [4.69, 9.17) is 0 Å². The van der Waals surface area contributed by atoms with Crippen LogP contribution in [0.2, 0.25) is 0 Å². The van der Waals surface area contributed by atoms with Gasteiger partial charge in [0.15, 0.2) is 11.6 Å². The highest BCUT2D eigenvalue weighted by molar-refractivity contribution is 7.85. The molecule has 1 heterocycles. The van der Waals surface area contributed by atoms with Crippen LogP contribution in [0.15, 0.2) is 32.1 Å². The van der Waals surface area contributed by atoms with E-state index in [0.29, 0.717) is 22.3 Å². The van der Waals surface area contributed by atoms with Gasteiger partial charge in [0, 0.05) is 12.1 Å². The summed E-state index contributed by atoms with van der Waals surface area (Å²) in [4.78, 5) is 12.2. The fourth-order valence-electron chi connectivity index (χ4n) is 2.65. The number of hydrogen-bond acceptors (Lipinski definition) is 6. The van der Waals surface area contributed by atoms with Gasteiger partial charge in [-0.15, -0.1) is 5.11 Å². The van der Waals surface area contributed by atoms with Crippen molar-refractivity contribution in [3.05, 3.63) is 44.7 Å². The molecule has 140 valence electrons. The van der Waals surface area contributed by atoms with Gasteiger partial charge in [0.2, 0.25) is 0 Å². The first kappa shape index (κ1) is 19.8. The Balaban J connectivity index is 2.66. The highest BCUT2D eigenvalue weighted by Crippen LogP contribution is 2.30. The first-order chi connectivity index (χ1) is 12.0. The van der Waals surface area contributed by atoms with E-state index in [1.165, 1.54) is 10.6 Å². The van der Waals surface area contributed by atoms with Gasteiger partial charge < -0.3 is 5.11 Å². The summed E-state index contributed by atoms with van der Waals surface area (Å²) in [6.07, 6.45) is 0. The molecule has 26 heavy (non-hydrogen) atoms. The minimum absolute atomic E-state index is 0.0653. The van der Waals surface area contributed by atoms with Crippen LogP contribution in [0.3, 0.4) is 0 Å². The summed E-state index contributed by atoms with van der Waals surface area (Å²) in [6.45, 7) is 8.59. The summed E-state index contributed by atoms with van der Waals surface area (Å²) in [5.41, 5.74) is 1.82. The van der Waals surface area contributed by atoms with Crippen molar-refractivity contribution in [1.82, 2.24) is 4.57 Å². The average molecular weight is 379 g/mol. The monoisotopic (exact) mass is 379 g/mol. The third-order valence-corrected chi connectivity index (χ3v) is 5.30. The lowest BCUT2D eigenvalue weighted by atomic mass is 10.1. The molecule has 2 rings (SSSR count). The third kappa shape index (κ3) is 3.54. The number of aromatic hydroxyl groups is 1. The molecule has 0 atom stereocenters. The van der Waals surface area contributed by atoms with E-state index >= 15 is 0 Å². The van der Waals surface area contributed by atoms with Gasteiger partial charge in [-0.05, 0) is 57.4 Å². The fourth-order valence-corrected chi connectivity index (χ4v) is 3.38. The molecule has 0 saturated carbocycles. The molecule has 0 amide bonds. The van der Waals surface area contributed by atoms with Crippen molar-refractivity contribution < 1.29 is 18.1 Å². The number of benzene rings is 1. The van der Waals surface area contributed by atoms with Crippen molar-refractivity contribution in [3.63, 3.8) is 0 Å². The molecule has 0 aliphatic heterocycles. The normalized spacial score (nSPS) is 12.1. The van der Waals surface area contributed by atoms with Gasteiger partial charge in [-0.3, -0.25) is 13.9 Å². The minimum Gasteiger partial charge on any atom is -0.494 e. The Morgan fingerprint density at radius 1 is 1.04 bits per heavy atom. The van der Waals surface area contributed by atoms with E-state index in [1.807, 2.05) is 0 Å². The van der Waals surface area contributed by atoms with Crippen molar-refractivity contribution in [3.8, 4) is 5.88 Å². The first-order valence-corrected chi connectivity index (χ1v) is 9.36. The Hall–Kier alpha value is -2.52. The summed E-state index contributed by atoms with van der Waals surface area (Å²) in [5, 5.41) is 18.1. The molecule has 0 spiro atoms. The number of aromatic nitrogens is 1. The molecule has 0 radical (unpaired) electrons. The Morgan fingerprint density at radius 3 is 2.19 bits per heavy atom. The Bertz CT molecular complexity index is 1070. The number of nitrogens with zero attached hydrogens (tertiary/aromatic N) is 3. The maximum atomic E-state index is 12.5. The molecule has 1 aromatic carbocycles. The summed E-state index contributed by atoms with van der Waals surface area (Å²) < 4.78 is 33.4. The number of hydrogen-bond donors (Lipinski definition) is 2. The zero-order valence-electron chi connectivity index (χ0n) is 15.2. The van der Waals surface area contributed by atoms with E-state index in [0.717, 1.165) is 0 Å². The van der Waals surface area contributed by atoms with Crippen molar-refractivity contribution in [1.29, 1.82) is 0 Å². The quantitative estimate of drug-likeness (QED) is 0.622. The van der Waals surface area contributed by atoms with Crippen LogP contribution in [0.4, 0.5) is 11.4 Å². The van der Waals surface area contributed by atoms with Crippen LogP contribution in [0.5, 0.6) is 5.88 Å². The Kier molecular flexibility index (Phi) is 5.33. The SMILES string of the molecule is CCn1c(O)c(C)c(C)c(N=Nc2cc(S(=O)(=O)O)c(C)cc2C)c1=O. The molecule has 0 aliphatic rings. The van der Waals surface area contributed by atoms with Gasteiger partial charge in [-0.1, -0.05) is 6.07 Å². The summed E-state index contributed by atoms with van der Waals surface area (Å²) in [6, 6.07) is 2.78. The summed E-state index contributed by atoms with van der Waals surface area (Å²) in [5.74, 6) is -0.117. The Labute approximate surface area is 151 Å². The number of aryl methyl sites for hydroxylation is 2. The zero-order chi connectivity index (χ0) is 19.8. The van der Waals surface area contributed by atoms with E-state index in [9.17, 15) is 22.9 Å². The lowest BCUT2D eigenvalue weighted by molar-refractivity contribution is 0.406. The molecular weight excluding hydrogens is 358 g/mol. The van der Waals surface area contributed by atoms with Gasteiger partial charge in [0.1, 0.15) is 0 Å². The van der Waals surface area contributed by atoms with Gasteiger partial charge in [0.05, 0.1) is 10.6 Å². The molecular formula is C17H21N3O5S. The molecule has 8 nitrogen and oxygen atoms in total. The topological polar surface area (TPSA) is 121 Å². The van der Waals surface area contributed by atoms with Crippen LogP contribution in [-0.4, -0.2) is 22.6 Å². The average Bonchev–Trinajstić information content (AvgIpc) is 2.53. The molecule has 2 aromatic rings. The predicted octanol–water partition coefficient (Wildman–Crippen LogP) is 3.47. The van der Waals surface area contributed by atoms with E-state index in [2.05, 4.69) is 10.2 Å². The molecule has 0 bridgehead atoms. The standard InChI is InChI=1S/C17H21N3O5S/c1-6-20-16(21)12(5)11(4)15(17(20)22)19-18-13-8-14(26(23,24)25)10(3)7-9(13)2/h7-8,21H,6H2,1-5H3,(H,23,24,25). The predicted molar refractivity (Wildman–Crippen MR) is 97.4 cm³/mol. The van der Waals surface area contributed by atoms with Crippen LogP contribution >= 0.6 is 0 Å². The van der Waals surface area contributed by atoms with Crippen LogP contribution in [0, 0.1) is 27.7 Å². The lowest BCUT2D eigenvalue weighted by Crippen LogP contribution is -2.20. The lowest BCUT2D eigenvalue weighted by Gasteiger charge is -2.12. The molecule has 0 fully saturated rings. The van der Waals surface area contributed by atoms with Crippen LogP contribution < -0.4 is 5.56 Å². The fraction of sp³-hybridized carbons (Fsp3) is 0.353. The highest BCUT2D eigenvalue weighted by atomic mass is 32.2. The Morgan fingerprint density at radius 2 is 1.65 bits per heavy atom. The van der Waals surface area contributed by atoms with E-state index < -0.39 is 15.7 Å². The van der Waals surface area contributed by atoms with E-state index in [-0.39, 0.29) is 28.7 Å². The molecule has 9 heteroatoms. The number of rotatable bonds is 4. The van der Waals surface area contributed by atoms with Crippen molar-refractivity contribution in [2.75, 3.05) is 0 Å². The maximum absolute atomic E-state index is 12.5. The zero-order valence-corrected chi connectivity index (χ0v) is 16.0. The van der Waals surface area contributed by atoms with Gasteiger partial charge in [0.25, 0.3) is 15.7 Å². The van der Waals surface area contributed by atoms with Crippen molar-refractivity contribution in [2.45, 2.75) is 46.1 Å². The van der Waals surface area contributed by atoms with Crippen molar-refractivity contribution >= 4 is 21.5 Å². The maximum Gasteiger partial charge on any atom is 0.294 e. The molecule has 0 saturated heterocycles. The second-order valence-corrected chi connectivity index (χ2v) is 7.44. The minimum atomic E-state index is -4.40. The first-order valence-electron chi connectivity index (χ1n) is 7.92. The van der Waals surface area contributed by atoms with Gasteiger partial charge in [-0.2, -0.15) is 13.5 Å². The smallest absolute Gasteiger partial charge is 0.294 e. The molecule has 0 aliphatic carbocycles. The van der Waals surface area contributed by atoms with Crippen LogP contribution in [0.1, 0.15) is 29.2 Å². The second kappa shape index (κ2) is 7.00. The third-order valence-electron chi connectivity index (χ3n) is 4.30. The summed E-state index contributed by atoms with van der Waals surface area (Å²) >= 11 is 0. The highest BCUT2D eigenvalue weighted by Gasteiger charge is 2.17. The number of azo groups is 1. The van der Waals surface area contributed by atoms with Crippen molar-refractivity contribution in [2.24, 2.45) is 10.2 Å².